The minimum Gasteiger partial charge on any atom is -0.508 e. The lowest BCUT2D eigenvalue weighted by atomic mass is 9.57. The van der Waals surface area contributed by atoms with Gasteiger partial charge < -0.3 is 15.1 Å². The molecule has 2 aromatic rings. The standard InChI is InChI=1S/C28H38FN3O2/c1-20-5-8-23(33)18-24(20)27-10-15-31(14-9-26-25(29)4-3-13-30-26)16-12-28(27,34)21(2)32(17-11-27)19-22-6-7-22/h3-5,8,13,18,21-22,33-34H,6-7,9-12,14-17,19H2,1-2H3. The van der Waals surface area contributed by atoms with Gasteiger partial charge in [-0.15, -0.1) is 0 Å². The molecule has 0 spiro atoms. The van der Waals surface area contributed by atoms with Gasteiger partial charge in [-0.05, 0) is 100 Å². The third-order valence-electron chi connectivity index (χ3n) is 8.98. The minimum absolute atomic E-state index is 0.0387. The predicted molar refractivity (Wildman–Crippen MR) is 131 cm³/mol. The Morgan fingerprint density at radius 2 is 1.88 bits per heavy atom. The first-order valence-corrected chi connectivity index (χ1v) is 12.9. The van der Waals surface area contributed by atoms with Crippen LogP contribution in [0.25, 0.3) is 0 Å². The number of likely N-dealkylation sites (tertiary alicyclic amines) is 2. The van der Waals surface area contributed by atoms with Crippen LogP contribution in [0.15, 0.2) is 36.5 Å². The van der Waals surface area contributed by atoms with Gasteiger partial charge in [-0.3, -0.25) is 9.88 Å². The summed E-state index contributed by atoms with van der Waals surface area (Å²) in [5, 5.41) is 23.0. The number of pyridine rings is 1. The molecule has 1 aromatic carbocycles. The van der Waals surface area contributed by atoms with Gasteiger partial charge in [-0.25, -0.2) is 4.39 Å². The number of rotatable bonds is 6. The average Bonchev–Trinajstić information content (AvgIpc) is 3.65. The molecule has 3 aliphatic rings. The number of halogens is 1. The molecule has 3 heterocycles. The Kier molecular flexibility index (Phi) is 6.42. The van der Waals surface area contributed by atoms with E-state index >= 15 is 0 Å². The molecule has 3 atom stereocenters. The second-order valence-corrected chi connectivity index (χ2v) is 10.9. The van der Waals surface area contributed by atoms with Crippen molar-refractivity contribution >= 4 is 0 Å². The molecule has 2 aliphatic heterocycles. The molecular weight excluding hydrogens is 429 g/mol. The van der Waals surface area contributed by atoms with Crippen LogP contribution in [-0.2, 0) is 11.8 Å². The van der Waals surface area contributed by atoms with Crippen molar-refractivity contribution in [2.75, 3.05) is 32.7 Å². The zero-order valence-electron chi connectivity index (χ0n) is 20.5. The van der Waals surface area contributed by atoms with Crippen LogP contribution in [0.3, 0.4) is 0 Å². The van der Waals surface area contributed by atoms with Crippen molar-refractivity contribution in [1.29, 1.82) is 0 Å². The maximum Gasteiger partial charge on any atom is 0.144 e. The summed E-state index contributed by atoms with van der Waals surface area (Å²) in [6.45, 7) is 8.66. The van der Waals surface area contributed by atoms with Crippen LogP contribution in [0.4, 0.5) is 4.39 Å². The molecule has 6 heteroatoms. The minimum atomic E-state index is -0.899. The van der Waals surface area contributed by atoms with Gasteiger partial charge in [0.05, 0.1) is 11.3 Å². The number of phenolic OH excluding ortho intramolecular Hbond substituents is 1. The number of fused-ring (bicyclic) bond motifs is 1. The number of aromatic nitrogens is 1. The highest BCUT2D eigenvalue weighted by Crippen LogP contribution is 2.53. The quantitative estimate of drug-likeness (QED) is 0.671. The Morgan fingerprint density at radius 1 is 1.12 bits per heavy atom. The Morgan fingerprint density at radius 3 is 2.65 bits per heavy atom. The zero-order chi connectivity index (χ0) is 23.9. The van der Waals surface area contributed by atoms with Gasteiger partial charge in [-0.1, -0.05) is 6.07 Å². The third kappa shape index (κ3) is 4.25. The molecule has 0 radical (unpaired) electrons. The Labute approximate surface area is 202 Å². The third-order valence-corrected chi connectivity index (χ3v) is 8.98. The summed E-state index contributed by atoms with van der Waals surface area (Å²) in [5.74, 6) is 0.787. The SMILES string of the molecule is Cc1ccc(O)cc1C12CCN(CCc3ncccc3F)CCC1(O)C(C)N(CC1CC1)CC2. The maximum absolute atomic E-state index is 14.1. The highest BCUT2D eigenvalue weighted by molar-refractivity contribution is 5.43. The van der Waals surface area contributed by atoms with E-state index in [1.807, 2.05) is 12.1 Å². The van der Waals surface area contributed by atoms with E-state index in [1.165, 1.54) is 18.9 Å². The lowest BCUT2D eigenvalue weighted by Gasteiger charge is -2.58. The van der Waals surface area contributed by atoms with Gasteiger partial charge >= 0.3 is 0 Å². The Hall–Kier alpha value is -2.02. The summed E-state index contributed by atoms with van der Waals surface area (Å²) in [6.07, 6.45) is 7.18. The molecule has 1 aromatic heterocycles. The van der Waals surface area contributed by atoms with Crippen LogP contribution in [0.1, 0.15) is 55.8 Å². The van der Waals surface area contributed by atoms with Crippen molar-refractivity contribution in [3.8, 4) is 5.75 Å². The van der Waals surface area contributed by atoms with Gasteiger partial charge in [0.1, 0.15) is 11.6 Å². The predicted octanol–water partition coefficient (Wildman–Crippen LogP) is 4.05. The van der Waals surface area contributed by atoms with E-state index in [0.29, 0.717) is 18.5 Å². The topological polar surface area (TPSA) is 59.8 Å². The highest BCUT2D eigenvalue weighted by atomic mass is 19.1. The summed E-state index contributed by atoms with van der Waals surface area (Å²) < 4.78 is 14.1. The van der Waals surface area contributed by atoms with Crippen molar-refractivity contribution in [1.82, 2.24) is 14.8 Å². The molecule has 2 saturated heterocycles. The Bertz CT molecular complexity index is 1030. The lowest BCUT2D eigenvalue weighted by Crippen LogP contribution is -2.68. The summed E-state index contributed by atoms with van der Waals surface area (Å²) in [7, 11) is 0. The van der Waals surface area contributed by atoms with Gasteiger partial charge in [0, 0.05) is 43.7 Å². The highest BCUT2D eigenvalue weighted by Gasteiger charge is 2.59. The van der Waals surface area contributed by atoms with Crippen molar-refractivity contribution in [2.24, 2.45) is 5.92 Å². The van der Waals surface area contributed by atoms with E-state index in [9.17, 15) is 14.6 Å². The van der Waals surface area contributed by atoms with Crippen LogP contribution in [0.2, 0.25) is 0 Å². The van der Waals surface area contributed by atoms with Crippen molar-refractivity contribution in [3.63, 3.8) is 0 Å². The molecule has 1 aliphatic carbocycles. The average molecular weight is 468 g/mol. The number of hydrogen-bond acceptors (Lipinski definition) is 5. The number of aromatic hydroxyl groups is 1. The molecule has 3 unspecified atom stereocenters. The monoisotopic (exact) mass is 467 g/mol. The van der Waals surface area contributed by atoms with Crippen molar-refractivity contribution < 1.29 is 14.6 Å². The van der Waals surface area contributed by atoms with Crippen LogP contribution in [-0.4, -0.2) is 69.4 Å². The summed E-state index contributed by atoms with van der Waals surface area (Å²) >= 11 is 0. The van der Waals surface area contributed by atoms with Crippen LogP contribution < -0.4 is 0 Å². The van der Waals surface area contributed by atoms with E-state index in [4.69, 9.17) is 0 Å². The summed E-state index contributed by atoms with van der Waals surface area (Å²) in [6, 6.07) is 8.75. The molecule has 5 nitrogen and oxygen atoms in total. The van der Waals surface area contributed by atoms with Gasteiger partial charge in [0.25, 0.3) is 0 Å². The van der Waals surface area contributed by atoms with E-state index in [1.54, 1.807) is 18.3 Å². The van der Waals surface area contributed by atoms with Crippen LogP contribution in [0, 0.1) is 18.7 Å². The molecule has 1 saturated carbocycles. The number of hydrogen-bond donors (Lipinski definition) is 2. The van der Waals surface area contributed by atoms with Gasteiger partial charge in [0.2, 0.25) is 0 Å². The lowest BCUT2D eigenvalue weighted by molar-refractivity contribution is -0.136. The first-order chi connectivity index (χ1) is 16.3. The second-order valence-electron chi connectivity index (χ2n) is 10.9. The van der Waals surface area contributed by atoms with Crippen molar-refractivity contribution in [3.05, 3.63) is 59.2 Å². The fourth-order valence-electron chi connectivity index (χ4n) is 6.62. The first-order valence-electron chi connectivity index (χ1n) is 12.9. The summed E-state index contributed by atoms with van der Waals surface area (Å²) in [5.41, 5.74) is 1.41. The normalized spacial score (nSPS) is 30.6. The molecule has 34 heavy (non-hydrogen) atoms. The number of piperidine rings is 1. The fourth-order valence-corrected chi connectivity index (χ4v) is 6.62. The maximum atomic E-state index is 14.1. The van der Waals surface area contributed by atoms with E-state index in [2.05, 4.69) is 28.6 Å². The smallest absolute Gasteiger partial charge is 0.144 e. The van der Waals surface area contributed by atoms with Crippen LogP contribution in [0.5, 0.6) is 5.75 Å². The number of nitrogens with zero attached hydrogens (tertiary/aromatic N) is 3. The van der Waals surface area contributed by atoms with Gasteiger partial charge in [-0.2, -0.15) is 0 Å². The molecule has 184 valence electrons. The molecule has 5 rings (SSSR count). The molecule has 0 amide bonds. The number of aliphatic hydroxyl groups is 1. The number of aryl methyl sites for hydroxylation is 1. The molecule has 0 bridgehead atoms. The molecule has 3 fully saturated rings. The first kappa shape index (κ1) is 23.7. The second kappa shape index (κ2) is 9.21. The fraction of sp³-hybridized carbons (Fsp3) is 0.607. The molecule has 2 N–H and O–H groups in total. The van der Waals surface area contributed by atoms with Crippen molar-refractivity contribution in [2.45, 2.75) is 69.4 Å². The van der Waals surface area contributed by atoms with E-state index in [0.717, 1.165) is 62.6 Å². The number of benzene rings is 1. The zero-order valence-corrected chi connectivity index (χ0v) is 20.5. The molecular formula is C28H38FN3O2. The Balaban J connectivity index is 1.44. The van der Waals surface area contributed by atoms with Crippen LogP contribution >= 0.6 is 0 Å². The van der Waals surface area contributed by atoms with E-state index < -0.39 is 11.0 Å². The van der Waals surface area contributed by atoms with Gasteiger partial charge in [0.15, 0.2) is 0 Å². The summed E-state index contributed by atoms with van der Waals surface area (Å²) in [4.78, 5) is 9.09. The number of phenols is 1. The largest absolute Gasteiger partial charge is 0.508 e. The van der Waals surface area contributed by atoms with E-state index in [-0.39, 0.29) is 17.6 Å².